The summed E-state index contributed by atoms with van der Waals surface area (Å²) in [6, 6.07) is 13.1. The van der Waals surface area contributed by atoms with Crippen LogP contribution in [-0.4, -0.2) is 37.3 Å². The number of nitrogens with zero attached hydrogens (tertiary/aromatic N) is 4. The second-order valence-corrected chi connectivity index (χ2v) is 9.08. The van der Waals surface area contributed by atoms with Crippen LogP contribution in [0.5, 0.6) is 0 Å². The minimum atomic E-state index is -0.215. The van der Waals surface area contributed by atoms with Gasteiger partial charge in [0.25, 0.3) is 5.56 Å². The third-order valence-electron chi connectivity index (χ3n) is 4.38. The molecule has 8 heteroatoms. The number of hydrogen-bond donors (Lipinski definition) is 1. The van der Waals surface area contributed by atoms with E-state index >= 15 is 0 Å². The topological polar surface area (TPSA) is 81.8 Å². The maximum absolute atomic E-state index is 12.2. The van der Waals surface area contributed by atoms with Crippen LogP contribution in [0.3, 0.4) is 0 Å². The molecule has 1 amide bonds. The van der Waals surface area contributed by atoms with Crippen molar-refractivity contribution in [2.45, 2.75) is 50.8 Å². The average molecular weight is 426 g/mol. The van der Waals surface area contributed by atoms with E-state index in [1.54, 1.807) is 22.5 Å². The largest absolute Gasteiger partial charge is 0.354 e. The predicted molar refractivity (Wildman–Crippen MR) is 119 cm³/mol. The van der Waals surface area contributed by atoms with E-state index < -0.39 is 0 Å². The zero-order chi connectivity index (χ0) is 21.7. The number of nitrogens with one attached hydrogen (secondary N) is 1. The average Bonchev–Trinajstić information content (AvgIpc) is 3.02. The molecule has 0 saturated heterocycles. The van der Waals surface area contributed by atoms with Gasteiger partial charge in [-0.15, -0.1) is 16.9 Å². The maximum atomic E-state index is 12.2. The molecule has 0 spiro atoms. The number of thioether (sulfide) groups is 1. The third-order valence-corrected chi connectivity index (χ3v) is 5.40. The zero-order valence-electron chi connectivity index (χ0n) is 17.8. The fourth-order valence-electron chi connectivity index (χ4n) is 3.08. The summed E-state index contributed by atoms with van der Waals surface area (Å²) in [7, 11) is 0. The highest BCUT2D eigenvalue weighted by molar-refractivity contribution is 7.99. The monoisotopic (exact) mass is 425 g/mol. The number of carbonyl (C=O) groups excluding carboxylic acids is 1. The first-order chi connectivity index (χ1) is 14.3. The van der Waals surface area contributed by atoms with Crippen LogP contribution in [0.1, 0.15) is 30.8 Å². The number of amides is 1. The van der Waals surface area contributed by atoms with Crippen LogP contribution in [0, 0.1) is 13.8 Å². The molecule has 1 N–H and O–H groups in total. The smallest absolute Gasteiger partial charge is 0.266 e. The number of hydrogen-bond acceptors (Lipinski definition) is 5. The Bertz CT molecular complexity index is 1070. The normalized spacial score (nSPS) is 11.1. The lowest BCUT2D eigenvalue weighted by Gasteiger charge is -2.10. The third kappa shape index (κ3) is 5.82. The van der Waals surface area contributed by atoms with Gasteiger partial charge in [0, 0.05) is 28.5 Å². The van der Waals surface area contributed by atoms with E-state index in [0.29, 0.717) is 30.6 Å². The molecule has 0 aliphatic heterocycles. The van der Waals surface area contributed by atoms with Gasteiger partial charge in [0.05, 0.1) is 18.7 Å². The zero-order valence-corrected chi connectivity index (χ0v) is 18.6. The van der Waals surface area contributed by atoms with Gasteiger partial charge in [0.15, 0.2) is 5.82 Å². The molecule has 1 aromatic carbocycles. The van der Waals surface area contributed by atoms with E-state index in [2.05, 4.69) is 29.4 Å². The van der Waals surface area contributed by atoms with Crippen molar-refractivity contribution in [1.29, 1.82) is 0 Å². The Balaban J connectivity index is 1.56. The van der Waals surface area contributed by atoms with Crippen LogP contribution >= 0.6 is 11.8 Å². The molecule has 0 aliphatic rings. The van der Waals surface area contributed by atoms with Crippen LogP contribution in [0.4, 0.5) is 0 Å². The van der Waals surface area contributed by atoms with Crippen molar-refractivity contribution in [3.05, 3.63) is 69.8 Å². The van der Waals surface area contributed by atoms with E-state index in [0.717, 1.165) is 17.0 Å². The standard InChI is InChI=1S/C22H27N5O2S/c1-15(2)30-19-7-5-18(6-8-19)14-21(28)23-11-12-26-22(29)10-9-20(25-26)27-17(4)13-16(3)24-27/h5-10,13,15H,11-12,14H2,1-4H3,(H,23,28). The van der Waals surface area contributed by atoms with Crippen LogP contribution < -0.4 is 10.9 Å². The second kappa shape index (κ2) is 9.75. The van der Waals surface area contributed by atoms with Crippen molar-refractivity contribution in [1.82, 2.24) is 24.9 Å². The number of carbonyl (C=O) groups is 1. The van der Waals surface area contributed by atoms with Gasteiger partial charge in [0.1, 0.15) is 0 Å². The molecule has 0 unspecified atom stereocenters. The van der Waals surface area contributed by atoms with E-state index in [1.165, 1.54) is 15.6 Å². The Morgan fingerprint density at radius 3 is 2.47 bits per heavy atom. The summed E-state index contributed by atoms with van der Waals surface area (Å²) < 4.78 is 3.05. The lowest BCUT2D eigenvalue weighted by molar-refractivity contribution is -0.120. The first-order valence-electron chi connectivity index (χ1n) is 9.96. The van der Waals surface area contributed by atoms with Gasteiger partial charge in [-0.3, -0.25) is 9.59 Å². The van der Waals surface area contributed by atoms with E-state index in [4.69, 9.17) is 0 Å². The molecular weight excluding hydrogens is 398 g/mol. The van der Waals surface area contributed by atoms with Crippen molar-refractivity contribution in [2.24, 2.45) is 0 Å². The molecule has 30 heavy (non-hydrogen) atoms. The van der Waals surface area contributed by atoms with Crippen LogP contribution in [-0.2, 0) is 17.8 Å². The summed E-state index contributed by atoms with van der Waals surface area (Å²) in [5.74, 6) is 0.493. The molecule has 2 aromatic heterocycles. The lowest BCUT2D eigenvalue weighted by Crippen LogP contribution is -2.33. The summed E-state index contributed by atoms with van der Waals surface area (Å²) in [4.78, 5) is 25.6. The number of rotatable bonds is 8. The second-order valence-electron chi connectivity index (χ2n) is 7.43. The van der Waals surface area contributed by atoms with E-state index in [9.17, 15) is 9.59 Å². The van der Waals surface area contributed by atoms with Crippen molar-refractivity contribution in [3.63, 3.8) is 0 Å². The first-order valence-corrected chi connectivity index (χ1v) is 10.8. The van der Waals surface area contributed by atoms with Gasteiger partial charge < -0.3 is 5.32 Å². The Kier molecular flexibility index (Phi) is 7.10. The van der Waals surface area contributed by atoms with Gasteiger partial charge in [-0.05, 0) is 43.7 Å². The number of benzene rings is 1. The molecule has 158 valence electrons. The molecule has 3 rings (SSSR count). The first kappa shape index (κ1) is 21.8. The number of aryl methyl sites for hydroxylation is 2. The van der Waals surface area contributed by atoms with Crippen molar-refractivity contribution in [2.75, 3.05) is 6.54 Å². The molecule has 7 nitrogen and oxygen atoms in total. The molecule has 0 radical (unpaired) electrons. The Morgan fingerprint density at radius 1 is 1.10 bits per heavy atom. The Morgan fingerprint density at radius 2 is 1.83 bits per heavy atom. The quantitative estimate of drug-likeness (QED) is 0.561. The van der Waals surface area contributed by atoms with Crippen LogP contribution in [0.15, 0.2) is 52.2 Å². The van der Waals surface area contributed by atoms with Gasteiger partial charge in [-0.2, -0.15) is 5.10 Å². The molecule has 0 fully saturated rings. The lowest BCUT2D eigenvalue weighted by atomic mass is 10.1. The minimum absolute atomic E-state index is 0.0815. The summed E-state index contributed by atoms with van der Waals surface area (Å²) in [5, 5.41) is 12.2. The summed E-state index contributed by atoms with van der Waals surface area (Å²) in [5.41, 5.74) is 2.57. The molecule has 2 heterocycles. The van der Waals surface area contributed by atoms with Gasteiger partial charge in [-0.25, -0.2) is 9.36 Å². The SMILES string of the molecule is Cc1cc(C)n(-c2ccc(=O)n(CCNC(=O)Cc3ccc(SC(C)C)cc3)n2)n1. The molecule has 0 aliphatic carbocycles. The Labute approximate surface area is 180 Å². The molecule has 0 bridgehead atoms. The van der Waals surface area contributed by atoms with E-state index in [-0.39, 0.29) is 11.5 Å². The van der Waals surface area contributed by atoms with Crippen LogP contribution in [0.25, 0.3) is 5.82 Å². The molecule has 3 aromatic rings. The Hall–Kier alpha value is -2.87. The van der Waals surface area contributed by atoms with Gasteiger partial charge in [-0.1, -0.05) is 26.0 Å². The van der Waals surface area contributed by atoms with Gasteiger partial charge in [0.2, 0.25) is 5.91 Å². The van der Waals surface area contributed by atoms with Gasteiger partial charge >= 0.3 is 0 Å². The van der Waals surface area contributed by atoms with Crippen molar-refractivity contribution < 1.29 is 4.79 Å². The highest BCUT2D eigenvalue weighted by atomic mass is 32.2. The fraction of sp³-hybridized carbons (Fsp3) is 0.364. The highest BCUT2D eigenvalue weighted by Crippen LogP contribution is 2.22. The van der Waals surface area contributed by atoms with E-state index in [1.807, 2.05) is 44.2 Å². The summed E-state index contributed by atoms with van der Waals surface area (Å²) in [6.07, 6.45) is 0.306. The maximum Gasteiger partial charge on any atom is 0.266 e. The summed E-state index contributed by atoms with van der Waals surface area (Å²) >= 11 is 1.79. The predicted octanol–water partition coefficient (Wildman–Crippen LogP) is 2.91. The molecule has 0 saturated carbocycles. The number of aromatic nitrogens is 4. The van der Waals surface area contributed by atoms with Crippen molar-refractivity contribution in [3.8, 4) is 5.82 Å². The van der Waals surface area contributed by atoms with Crippen LogP contribution in [0.2, 0.25) is 0 Å². The minimum Gasteiger partial charge on any atom is -0.354 e. The fourth-order valence-corrected chi connectivity index (χ4v) is 3.92. The molecule has 0 atom stereocenters. The highest BCUT2D eigenvalue weighted by Gasteiger charge is 2.08. The molecular formula is C22H27N5O2S. The van der Waals surface area contributed by atoms with Crippen molar-refractivity contribution >= 4 is 17.7 Å². The summed E-state index contributed by atoms with van der Waals surface area (Å²) in [6.45, 7) is 8.77.